The molecule has 2 N–H and O–H groups in total. The van der Waals surface area contributed by atoms with Gasteiger partial charge in [0.1, 0.15) is 0 Å². The fourth-order valence-electron chi connectivity index (χ4n) is 8.91. The number of para-hydroxylation sites is 1. The zero-order chi connectivity index (χ0) is 40.0. The predicted molar refractivity (Wildman–Crippen MR) is 250 cm³/mol. The second kappa shape index (κ2) is 14.8. The van der Waals surface area contributed by atoms with Crippen LogP contribution in [0.2, 0.25) is 0 Å². The van der Waals surface area contributed by atoms with Crippen molar-refractivity contribution >= 4 is 57.8 Å². The maximum absolute atomic E-state index is 5.56. The number of aromatic amines is 2. The van der Waals surface area contributed by atoms with Crippen LogP contribution >= 0.6 is 0 Å². The molecule has 60 heavy (non-hydrogen) atoms. The fourth-order valence-corrected chi connectivity index (χ4v) is 8.91. The van der Waals surface area contributed by atoms with Crippen molar-refractivity contribution in [2.24, 2.45) is 5.10 Å². The molecule has 6 heterocycles. The van der Waals surface area contributed by atoms with Gasteiger partial charge >= 0.3 is 0 Å². The van der Waals surface area contributed by atoms with Crippen LogP contribution in [0.3, 0.4) is 0 Å². The minimum absolute atomic E-state index is 0.00197. The summed E-state index contributed by atoms with van der Waals surface area (Å²) in [5.74, 6) is 0.00197. The Hall–Kier alpha value is -7.83. The van der Waals surface area contributed by atoms with Crippen molar-refractivity contribution in [1.82, 2.24) is 19.9 Å². The highest BCUT2D eigenvalue weighted by atomic mass is 15.5. The van der Waals surface area contributed by atoms with Crippen LogP contribution in [0.15, 0.2) is 175 Å². The lowest BCUT2D eigenvalue weighted by atomic mass is 9.92. The summed E-state index contributed by atoms with van der Waals surface area (Å²) >= 11 is 0. The van der Waals surface area contributed by atoms with Crippen LogP contribution in [0.5, 0.6) is 0 Å². The van der Waals surface area contributed by atoms with E-state index in [1.54, 1.807) is 0 Å². The largest absolute Gasteiger partial charge is 0.354 e. The molecular weight excluding hydrogens is 733 g/mol. The molecular formula is C54H40N6. The van der Waals surface area contributed by atoms with Gasteiger partial charge in [0.2, 0.25) is 0 Å². The lowest BCUT2D eigenvalue weighted by molar-refractivity contribution is 0.855. The number of nitrogens with one attached hydrogen (secondary N) is 2. The maximum Gasteiger partial charge on any atom is 0.0737 e. The molecule has 3 aliphatic heterocycles. The van der Waals surface area contributed by atoms with Crippen LogP contribution < -0.4 is 5.01 Å². The molecule has 8 bridgehead atoms. The normalized spacial score (nSPS) is 14.4. The van der Waals surface area contributed by atoms with E-state index in [0.717, 1.165) is 106 Å². The van der Waals surface area contributed by atoms with Gasteiger partial charge in [-0.2, -0.15) is 5.10 Å². The number of fused-ring (bicyclic) bond motifs is 8. The Kier molecular flexibility index (Phi) is 8.74. The van der Waals surface area contributed by atoms with E-state index in [1.165, 1.54) is 0 Å². The second-order valence-corrected chi connectivity index (χ2v) is 15.4. The van der Waals surface area contributed by atoms with E-state index in [2.05, 4.69) is 210 Å². The summed E-state index contributed by atoms with van der Waals surface area (Å²) in [4.78, 5) is 19.0. The Morgan fingerprint density at radius 2 is 0.850 bits per heavy atom. The third-order valence-corrected chi connectivity index (χ3v) is 11.7. The number of hydrogen-bond donors (Lipinski definition) is 2. The van der Waals surface area contributed by atoms with Gasteiger partial charge in [-0.15, -0.1) is 0 Å². The smallest absolute Gasteiger partial charge is 0.0737 e. The molecule has 0 saturated heterocycles. The molecule has 8 aromatic rings. The first kappa shape index (κ1) is 35.3. The Morgan fingerprint density at radius 3 is 1.32 bits per heavy atom. The number of anilines is 1. The Morgan fingerprint density at radius 1 is 0.450 bits per heavy atom. The summed E-state index contributed by atoms with van der Waals surface area (Å²) in [6.07, 6.45) is 8.66. The molecule has 1 atom stereocenters. The highest BCUT2D eigenvalue weighted by Crippen LogP contribution is 2.42. The minimum Gasteiger partial charge on any atom is -0.354 e. The predicted octanol–water partition coefficient (Wildman–Crippen LogP) is 13.3. The van der Waals surface area contributed by atoms with E-state index in [9.17, 15) is 0 Å². The van der Waals surface area contributed by atoms with Crippen LogP contribution in [0, 0.1) is 0 Å². The molecule has 0 radical (unpaired) electrons. The molecule has 0 saturated carbocycles. The quantitative estimate of drug-likeness (QED) is 0.177. The van der Waals surface area contributed by atoms with Crippen LogP contribution in [-0.4, -0.2) is 32.2 Å². The molecule has 5 aromatic carbocycles. The summed E-state index contributed by atoms with van der Waals surface area (Å²) in [6.45, 7) is 2.86. The van der Waals surface area contributed by atoms with Crippen molar-refractivity contribution < 1.29 is 0 Å². The van der Waals surface area contributed by atoms with Gasteiger partial charge < -0.3 is 9.97 Å². The number of benzene rings is 5. The van der Waals surface area contributed by atoms with Gasteiger partial charge in [-0.25, -0.2) is 9.97 Å². The third-order valence-electron chi connectivity index (χ3n) is 11.7. The van der Waals surface area contributed by atoms with Crippen molar-refractivity contribution in [2.75, 3.05) is 11.6 Å². The summed E-state index contributed by atoms with van der Waals surface area (Å²) in [6, 6.07) is 59.5. The van der Waals surface area contributed by atoms with E-state index >= 15 is 0 Å². The summed E-state index contributed by atoms with van der Waals surface area (Å²) in [7, 11) is 0. The Balaban J connectivity index is 1.31. The average molecular weight is 773 g/mol. The number of H-pyrrole nitrogens is 2. The molecule has 0 aliphatic carbocycles. The number of nitrogens with zero attached hydrogens (tertiary/aromatic N) is 4. The number of hydrazone groups is 1. The fraction of sp³-hybridized carbons (Fsp3) is 0.0556. The van der Waals surface area contributed by atoms with E-state index in [-0.39, 0.29) is 5.92 Å². The van der Waals surface area contributed by atoms with Gasteiger partial charge in [0.15, 0.2) is 0 Å². The highest BCUT2D eigenvalue weighted by Gasteiger charge is 2.30. The molecule has 6 heteroatoms. The molecule has 3 aliphatic rings. The van der Waals surface area contributed by atoms with E-state index < -0.39 is 0 Å². The van der Waals surface area contributed by atoms with Gasteiger partial charge in [-0.05, 0) is 89.4 Å². The first-order valence-corrected chi connectivity index (χ1v) is 20.5. The molecule has 1 unspecified atom stereocenters. The minimum atomic E-state index is 0.00197. The SMILES string of the molecule is CC1=NN(c2ccccc2)CC1c1cc2[nH]c1c(-c1ccccc1)c1nc(c(-c3ccccc3)c3ccc([nH]3)c(-c3ccccc3)c3nc(c2-c2ccccc2)C=C3)C=C1. The summed E-state index contributed by atoms with van der Waals surface area (Å²) in [5, 5.41) is 7.28. The molecule has 11 rings (SSSR count). The van der Waals surface area contributed by atoms with Crippen molar-refractivity contribution in [3.8, 4) is 44.5 Å². The zero-order valence-corrected chi connectivity index (χ0v) is 33.0. The van der Waals surface area contributed by atoms with Crippen molar-refractivity contribution in [3.63, 3.8) is 0 Å². The second-order valence-electron chi connectivity index (χ2n) is 15.4. The summed E-state index contributed by atoms with van der Waals surface area (Å²) in [5.41, 5.74) is 19.2. The van der Waals surface area contributed by atoms with Crippen LogP contribution in [0.4, 0.5) is 5.69 Å². The third kappa shape index (κ3) is 6.26. The van der Waals surface area contributed by atoms with Crippen molar-refractivity contribution in [2.45, 2.75) is 12.8 Å². The molecule has 3 aromatic heterocycles. The first-order chi connectivity index (χ1) is 29.7. The Bertz CT molecular complexity index is 3160. The van der Waals surface area contributed by atoms with Crippen molar-refractivity contribution in [1.29, 1.82) is 0 Å². The molecule has 286 valence electrons. The molecule has 0 fully saturated rings. The standard InChI is InChI=1S/C54H40N6/c1-35-42(34-60(59-35)40-25-15-6-16-26-40)41-33-49-52(38-21-11-4-12-22-38)47-30-29-45(56-47)50(36-17-7-2-8-18-36)43-27-28-44(55-43)51(37-19-9-3-10-20-37)46-31-32-48(57-46)53(54(41)58-49)39-23-13-5-14-24-39/h2-33,42,55,58H,34H2,1H3. The van der Waals surface area contributed by atoms with Crippen LogP contribution in [0.1, 0.15) is 41.2 Å². The van der Waals surface area contributed by atoms with Gasteiger partial charge in [-0.1, -0.05) is 140 Å². The molecule has 0 amide bonds. The zero-order valence-electron chi connectivity index (χ0n) is 33.0. The van der Waals surface area contributed by atoms with E-state index in [1.807, 2.05) is 6.07 Å². The van der Waals surface area contributed by atoms with Gasteiger partial charge in [0.05, 0.1) is 40.5 Å². The molecule has 0 spiro atoms. The van der Waals surface area contributed by atoms with Crippen LogP contribution in [0.25, 0.3) is 90.9 Å². The lowest BCUT2D eigenvalue weighted by Gasteiger charge is -2.16. The van der Waals surface area contributed by atoms with E-state index in [0.29, 0.717) is 6.54 Å². The number of aromatic nitrogens is 4. The molecule has 6 nitrogen and oxygen atoms in total. The average Bonchev–Trinajstić information content (AvgIpc) is 4.17. The summed E-state index contributed by atoms with van der Waals surface area (Å²) < 4.78 is 0. The number of hydrogen-bond acceptors (Lipinski definition) is 4. The van der Waals surface area contributed by atoms with E-state index in [4.69, 9.17) is 15.1 Å². The highest BCUT2D eigenvalue weighted by molar-refractivity contribution is 6.03. The first-order valence-electron chi connectivity index (χ1n) is 20.5. The van der Waals surface area contributed by atoms with Gasteiger partial charge in [-0.3, -0.25) is 5.01 Å². The van der Waals surface area contributed by atoms with Gasteiger partial charge in [0.25, 0.3) is 0 Å². The maximum atomic E-state index is 5.56. The van der Waals surface area contributed by atoms with Crippen LogP contribution in [-0.2, 0) is 0 Å². The lowest BCUT2D eigenvalue weighted by Crippen LogP contribution is -2.17. The van der Waals surface area contributed by atoms with Crippen molar-refractivity contribution in [3.05, 3.63) is 198 Å². The Labute approximate surface area is 348 Å². The number of rotatable bonds is 6. The topological polar surface area (TPSA) is 73.0 Å². The van der Waals surface area contributed by atoms with Gasteiger partial charge in [0, 0.05) is 50.4 Å². The monoisotopic (exact) mass is 772 g/mol.